The summed E-state index contributed by atoms with van der Waals surface area (Å²) < 4.78 is 38.3. The minimum Gasteiger partial charge on any atom is -0.357 e. The van der Waals surface area contributed by atoms with Gasteiger partial charge >= 0.3 is 6.18 Å². The van der Waals surface area contributed by atoms with Crippen LogP contribution in [0.5, 0.6) is 0 Å². The fourth-order valence-corrected chi connectivity index (χ4v) is 1.79. The van der Waals surface area contributed by atoms with Crippen LogP contribution in [0.2, 0.25) is 10.0 Å². The van der Waals surface area contributed by atoms with Crippen molar-refractivity contribution in [3.05, 3.63) is 40.0 Å². The van der Waals surface area contributed by atoms with E-state index in [0.717, 1.165) is 6.07 Å². The molecular formula is C12H9Cl2F3N4. The highest BCUT2D eigenvalue weighted by atomic mass is 35.5. The summed E-state index contributed by atoms with van der Waals surface area (Å²) >= 11 is 11.6. The van der Waals surface area contributed by atoms with Crippen LogP contribution in [0.4, 0.5) is 30.6 Å². The minimum atomic E-state index is -4.57. The van der Waals surface area contributed by atoms with Gasteiger partial charge in [-0.1, -0.05) is 23.2 Å². The van der Waals surface area contributed by atoms with Crippen molar-refractivity contribution in [2.24, 2.45) is 0 Å². The zero-order valence-electron chi connectivity index (χ0n) is 10.6. The van der Waals surface area contributed by atoms with E-state index in [0.29, 0.717) is 10.7 Å². The van der Waals surface area contributed by atoms with E-state index < -0.39 is 11.9 Å². The van der Waals surface area contributed by atoms with Crippen LogP contribution < -0.4 is 10.6 Å². The number of benzene rings is 1. The highest BCUT2D eigenvalue weighted by molar-refractivity contribution is 6.42. The highest BCUT2D eigenvalue weighted by Crippen LogP contribution is 2.31. The Balaban J connectivity index is 2.36. The number of halogens is 5. The number of nitrogens with one attached hydrogen (secondary N) is 2. The number of nitrogens with zero attached hydrogens (tertiary/aromatic N) is 2. The lowest BCUT2D eigenvalue weighted by Crippen LogP contribution is -2.12. The normalized spacial score (nSPS) is 11.3. The van der Waals surface area contributed by atoms with Gasteiger partial charge in [-0.05, 0) is 18.2 Å². The summed E-state index contributed by atoms with van der Waals surface area (Å²) in [4.78, 5) is 7.27. The number of alkyl halides is 3. The smallest absolute Gasteiger partial charge is 0.357 e. The molecule has 0 saturated heterocycles. The van der Waals surface area contributed by atoms with Crippen molar-refractivity contribution in [3.8, 4) is 0 Å². The fourth-order valence-electron chi connectivity index (χ4n) is 1.49. The Morgan fingerprint density at radius 3 is 2.33 bits per heavy atom. The van der Waals surface area contributed by atoms with Crippen LogP contribution in [0, 0.1) is 0 Å². The molecule has 0 bridgehead atoms. The molecule has 0 spiro atoms. The number of rotatable bonds is 3. The second-order valence-corrected chi connectivity index (χ2v) is 4.78. The average molecular weight is 337 g/mol. The molecule has 9 heteroatoms. The summed E-state index contributed by atoms with van der Waals surface area (Å²) in [6, 6.07) is 5.39. The summed E-state index contributed by atoms with van der Waals surface area (Å²) in [5.74, 6) is -0.160. The molecule has 0 aliphatic heterocycles. The molecule has 1 aromatic carbocycles. The molecule has 0 radical (unpaired) electrons. The van der Waals surface area contributed by atoms with Gasteiger partial charge in [-0.25, -0.2) is 4.98 Å². The van der Waals surface area contributed by atoms with Crippen LogP contribution in [0.3, 0.4) is 0 Å². The van der Waals surface area contributed by atoms with Gasteiger partial charge in [0.2, 0.25) is 5.95 Å². The summed E-state index contributed by atoms with van der Waals surface area (Å²) in [5, 5.41) is 5.82. The molecule has 0 unspecified atom stereocenters. The summed E-state index contributed by atoms with van der Waals surface area (Å²) in [6.45, 7) is 0. The van der Waals surface area contributed by atoms with E-state index in [4.69, 9.17) is 23.2 Å². The SMILES string of the molecule is CNc1nc(Nc2ccc(Cl)c(Cl)c2)cc(C(F)(F)F)n1. The van der Waals surface area contributed by atoms with Crippen LogP contribution in [-0.2, 0) is 6.18 Å². The van der Waals surface area contributed by atoms with Crippen molar-refractivity contribution in [1.29, 1.82) is 0 Å². The maximum absolute atomic E-state index is 12.8. The third-order valence-corrected chi connectivity index (χ3v) is 3.17. The van der Waals surface area contributed by atoms with Crippen LogP contribution in [0.15, 0.2) is 24.3 Å². The zero-order chi connectivity index (χ0) is 15.6. The second kappa shape index (κ2) is 5.95. The molecule has 1 heterocycles. The molecule has 4 nitrogen and oxygen atoms in total. The first-order chi connectivity index (χ1) is 9.79. The molecule has 112 valence electrons. The van der Waals surface area contributed by atoms with E-state index in [2.05, 4.69) is 20.6 Å². The molecule has 1 aromatic heterocycles. The van der Waals surface area contributed by atoms with Gasteiger partial charge in [-0.2, -0.15) is 18.2 Å². The van der Waals surface area contributed by atoms with Gasteiger partial charge in [0.25, 0.3) is 0 Å². The van der Waals surface area contributed by atoms with Crippen molar-refractivity contribution >= 4 is 40.7 Å². The largest absolute Gasteiger partial charge is 0.433 e. The Bertz CT molecular complexity index is 661. The molecule has 2 rings (SSSR count). The number of aromatic nitrogens is 2. The highest BCUT2D eigenvalue weighted by Gasteiger charge is 2.33. The maximum Gasteiger partial charge on any atom is 0.433 e. The minimum absolute atomic E-state index is 0.0138. The predicted octanol–water partition coefficient (Wildman–Crippen LogP) is 4.59. The van der Waals surface area contributed by atoms with E-state index in [9.17, 15) is 13.2 Å². The van der Waals surface area contributed by atoms with E-state index in [1.54, 1.807) is 6.07 Å². The van der Waals surface area contributed by atoms with Crippen molar-refractivity contribution < 1.29 is 13.2 Å². The summed E-state index contributed by atoms with van der Waals surface area (Å²) in [7, 11) is 1.43. The molecule has 2 aromatic rings. The van der Waals surface area contributed by atoms with E-state index in [1.165, 1.54) is 19.2 Å². The van der Waals surface area contributed by atoms with Gasteiger partial charge in [0, 0.05) is 18.8 Å². The van der Waals surface area contributed by atoms with Gasteiger partial charge in [0.15, 0.2) is 5.69 Å². The number of hydrogen-bond acceptors (Lipinski definition) is 4. The first-order valence-electron chi connectivity index (χ1n) is 5.65. The van der Waals surface area contributed by atoms with E-state index in [1.807, 2.05) is 0 Å². The molecule has 0 atom stereocenters. The predicted molar refractivity (Wildman–Crippen MR) is 76.3 cm³/mol. The summed E-state index contributed by atoms with van der Waals surface area (Å²) in [5.41, 5.74) is -0.595. The molecule has 0 amide bonds. The van der Waals surface area contributed by atoms with Crippen LogP contribution in [0.25, 0.3) is 0 Å². The van der Waals surface area contributed by atoms with Gasteiger partial charge in [-0.3, -0.25) is 0 Å². The Morgan fingerprint density at radius 1 is 1.05 bits per heavy atom. The van der Waals surface area contributed by atoms with Crippen LogP contribution in [0.1, 0.15) is 5.69 Å². The first kappa shape index (κ1) is 15.7. The standard InChI is InChI=1S/C12H9Cl2F3N4/c1-18-11-20-9(12(15,16)17)5-10(21-11)19-6-2-3-7(13)8(14)4-6/h2-5H,1H3,(H2,18,19,20,21). The molecule has 0 aliphatic rings. The topological polar surface area (TPSA) is 49.8 Å². The third-order valence-electron chi connectivity index (χ3n) is 2.43. The Kier molecular flexibility index (Phi) is 4.43. The first-order valence-corrected chi connectivity index (χ1v) is 6.41. The van der Waals surface area contributed by atoms with Crippen molar-refractivity contribution in [1.82, 2.24) is 9.97 Å². The van der Waals surface area contributed by atoms with Crippen molar-refractivity contribution in [2.45, 2.75) is 6.18 Å². The lowest BCUT2D eigenvalue weighted by molar-refractivity contribution is -0.141. The third kappa shape index (κ3) is 3.89. The second-order valence-electron chi connectivity index (χ2n) is 3.96. The maximum atomic E-state index is 12.8. The summed E-state index contributed by atoms with van der Waals surface area (Å²) in [6.07, 6.45) is -4.57. The zero-order valence-corrected chi connectivity index (χ0v) is 12.1. The van der Waals surface area contributed by atoms with E-state index in [-0.39, 0.29) is 16.8 Å². The van der Waals surface area contributed by atoms with Gasteiger partial charge in [0.05, 0.1) is 10.0 Å². The number of anilines is 3. The molecule has 0 fully saturated rings. The molecular weight excluding hydrogens is 328 g/mol. The molecule has 2 N–H and O–H groups in total. The monoisotopic (exact) mass is 336 g/mol. The van der Waals surface area contributed by atoms with Crippen molar-refractivity contribution in [2.75, 3.05) is 17.7 Å². The van der Waals surface area contributed by atoms with Crippen LogP contribution in [-0.4, -0.2) is 17.0 Å². The number of hydrogen-bond donors (Lipinski definition) is 2. The van der Waals surface area contributed by atoms with Crippen LogP contribution >= 0.6 is 23.2 Å². The molecule has 0 saturated carbocycles. The van der Waals surface area contributed by atoms with Gasteiger partial charge in [-0.15, -0.1) is 0 Å². The van der Waals surface area contributed by atoms with Gasteiger partial charge < -0.3 is 10.6 Å². The quantitative estimate of drug-likeness (QED) is 0.860. The average Bonchev–Trinajstić information content (AvgIpc) is 2.41. The molecule has 0 aliphatic carbocycles. The Morgan fingerprint density at radius 2 is 1.76 bits per heavy atom. The Hall–Kier alpha value is -1.73. The molecule has 21 heavy (non-hydrogen) atoms. The Labute approximate surface area is 128 Å². The fraction of sp³-hybridized carbons (Fsp3) is 0.167. The lowest BCUT2D eigenvalue weighted by Gasteiger charge is -2.12. The lowest BCUT2D eigenvalue weighted by atomic mass is 10.3. The van der Waals surface area contributed by atoms with Crippen molar-refractivity contribution in [3.63, 3.8) is 0 Å². The van der Waals surface area contributed by atoms with E-state index >= 15 is 0 Å². The van der Waals surface area contributed by atoms with Gasteiger partial charge in [0.1, 0.15) is 5.82 Å².